The van der Waals surface area contributed by atoms with Crippen LogP contribution in [0, 0.1) is 0 Å². The number of carbonyl (C=O) groups is 1. The normalized spacial score (nSPS) is 18.6. The number of anilines is 1. The number of nitrogens with one attached hydrogen (secondary N) is 1. The zero-order valence-electron chi connectivity index (χ0n) is 13.6. The Kier molecular flexibility index (Phi) is 3.85. The zero-order chi connectivity index (χ0) is 17.4. The van der Waals surface area contributed by atoms with Gasteiger partial charge in [0, 0.05) is 10.0 Å². The van der Waals surface area contributed by atoms with Crippen LogP contribution in [0.1, 0.15) is 16.7 Å². The van der Waals surface area contributed by atoms with Crippen LogP contribution in [0.15, 0.2) is 77.3 Å². The third-order valence-electron chi connectivity index (χ3n) is 4.73. The lowest BCUT2D eigenvalue weighted by Crippen LogP contribution is -2.36. The number of hydrogen-bond acceptors (Lipinski definition) is 2. The molecule has 0 aliphatic carbocycles. The second-order valence-electron chi connectivity index (χ2n) is 5.96. The maximum atomic E-state index is 13.3. The summed E-state index contributed by atoms with van der Waals surface area (Å²) < 4.78 is 6.16. The van der Waals surface area contributed by atoms with Crippen molar-refractivity contribution in [3.8, 4) is 5.75 Å². The van der Waals surface area contributed by atoms with Crippen LogP contribution in [0.4, 0.5) is 5.69 Å². The van der Waals surface area contributed by atoms with E-state index >= 15 is 0 Å². The van der Waals surface area contributed by atoms with Crippen LogP contribution in [0.25, 0.3) is 0 Å². The molecule has 1 aliphatic heterocycles. The average molecular weight is 394 g/mol. The molecular weight excluding hydrogens is 378 g/mol. The third kappa shape index (κ3) is 2.29. The summed E-state index contributed by atoms with van der Waals surface area (Å²) in [7, 11) is 1.64. The number of hydrogen-bond donors (Lipinski definition) is 1. The van der Waals surface area contributed by atoms with Crippen LogP contribution in [0.5, 0.6) is 5.75 Å². The smallest absolute Gasteiger partial charge is 0.244 e. The molecule has 0 fully saturated rings. The number of methoxy groups -OCH3 is 1. The number of para-hydroxylation sites is 1. The molecule has 1 heterocycles. The number of rotatable bonds is 3. The fourth-order valence-electron chi connectivity index (χ4n) is 3.56. The highest BCUT2D eigenvalue weighted by Gasteiger charge is 2.50. The highest BCUT2D eigenvalue weighted by atomic mass is 79.9. The van der Waals surface area contributed by atoms with Crippen LogP contribution in [0.3, 0.4) is 0 Å². The molecule has 0 saturated carbocycles. The van der Waals surface area contributed by atoms with Gasteiger partial charge in [-0.25, -0.2) is 0 Å². The Morgan fingerprint density at radius 3 is 2.24 bits per heavy atom. The molecule has 3 aromatic rings. The topological polar surface area (TPSA) is 38.3 Å². The molecule has 0 aromatic heterocycles. The predicted octanol–water partition coefficient (Wildman–Crippen LogP) is 4.74. The van der Waals surface area contributed by atoms with E-state index in [1.165, 1.54) is 0 Å². The molecule has 124 valence electrons. The van der Waals surface area contributed by atoms with Crippen molar-refractivity contribution in [1.29, 1.82) is 0 Å². The molecule has 3 nitrogen and oxygen atoms in total. The van der Waals surface area contributed by atoms with E-state index in [1.54, 1.807) is 7.11 Å². The number of fused-ring (bicyclic) bond motifs is 1. The van der Waals surface area contributed by atoms with E-state index in [-0.39, 0.29) is 5.91 Å². The second-order valence-corrected chi connectivity index (χ2v) is 6.82. The summed E-state index contributed by atoms with van der Waals surface area (Å²) >= 11 is 3.56. The van der Waals surface area contributed by atoms with Crippen LogP contribution in [-0.2, 0) is 10.2 Å². The summed E-state index contributed by atoms with van der Waals surface area (Å²) in [6, 6.07) is 23.5. The quantitative estimate of drug-likeness (QED) is 0.697. The molecule has 4 rings (SSSR count). The van der Waals surface area contributed by atoms with Gasteiger partial charge in [0.05, 0.1) is 12.8 Å². The van der Waals surface area contributed by atoms with Crippen LogP contribution < -0.4 is 10.1 Å². The Balaban J connectivity index is 2.05. The van der Waals surface area contributed by atoms with Gasteiger partial charge in [-0.1, -0.05) is 54.6 Å². The minimum atomic E-state index is -0.882. The first-order valence-corrected chi connectivity index (χ1v) is 8.77. The third-order valence-corrected chi connectivity index (χ3v) is 5.39. The van der Waals surface area contributed by atoms with Crippen molar-refractivity contribution in [3.05, 3.63) is 94.0 Å². The average Bonchev–Trinajstić information content (AvgIpc) is 2.97. The Labute approximate surface area is 154 Å². The largest absolute Gasteiger partial charge is 0.497 e. The van der Waals surface area contributed by atoms with Crippen molar-refractivity contribution in [1.82, 2.24) is 0 Å². The Bertz CT molecular complexity index is 938. The van der Waals surface area contributed by atoms with Crippen molar-refractivity contribution in [2.45, 2.75) is 5.41 Å². The molecule has 3 aromatic carbocycles. The molecule has 4 heteroatoms. The Morgan fingerprint density at radius 2 is 1.56 bits per heavy atom. The standard InChI is InChI=1S/C21H16BrNO2/c1-25-16-12-10-15(11-13-16)21(14-6-3-2-4-7-14)17-8-5-9-18(22)19(17)23-20(21)24/h2-13H,1H3,(H,23,24)/t21-/m1/s1. The van der Waals surface area contributed by atoms with Gasteiger partial charge in [-0.15, -0.1) is 0 Å². The maximum Gasteiger partial charge on any atom is 0.244 e. The number of amides is 1. The molecule has 0 saturated heterocycles. The molecule has 1 aliphatic rings. The summed E-state index contributed by atoms with van der Waals surface area (Å²) in [5, 5.41) is 3.07. The maximum absolute atomic E-state index is 13.3. The molecule has 0 radical (unpaired) electrons. The minimum Gasteiger partial charge on any atom is -0.497 e. The lowest BCUT2D eigenvalue weighted by atomic mass is 9.70. The van der Waals surface area contributed by atoms with Crippen LogP contribution in [0.2, 0.25) is 0 Å². The molecule has 25 heavy (non-hydrogen) atoms. The fourth-order valence-corrected chi connectivity index (χ4v) is 4.03. The fraction of sp³-hybridized carbons (Fsp3) is 0.0952. The zero-order valence-corrected chi connectivity index (χ0v) is 15.2. The van der Waals surface area contributed by atoms with E-state index in [0.717, 1.165) is 32.6 Å². The van der Waals surface area contributed by atoms with Gasteiger partial charge >= 0.3 is 0 Å². The monoisotopic (exact) mass is 393 g/mol. The Morgan fingerprint density at radius 1 is 0.880 bits per heavy atom. The molecule has 1 atom stereocenters. The van der Waals surface area contributed by atoms with Gasteiger partial charge in [-0.3, -0.25) is 4.79 Å². The summed E-state index contributed by atoms with van der Waals surface area (Å²) in [6.07, 6.45) is 0. The van der Waals surface area contributed by atoms with Gasteiger partial charge in [-0.05, 0) is 45.3 Å². The highest BCUT2D eigenvalue weighted by molar-refractivity contribution is 9.10. The molecule has 0 unspecified atom stereocenters. The summed E-state index contributed by atoms with van der Waals surface area (Å²) in [5.74, 6) is 0.714. The number of carbonyl (C=O) groups excluding carboxylic acids is 1. The van der Waals surface area contributed by atoms with Crippen molar-refractivity contribution in [2.75, 3.05) is 12.4 Å². The number of benzene rings is 3. The highest BCUT2D eigenvalue weighted by Crippen LogP contribution is 2.49. The van der Waals surface area contributed by atoms with Crippen molar-refractivity contribution in [2.24, 2.45) is 0 Å². The van der Waals surface area contributed by atoms with Crippen LogP contribution in [-0.4, -0.2) is 13.0 Å². The number of ether oxygens (including phenoxy) is 1. The SMILES string of the molecule is COc1ccc([C@@]2(c3ccccc3)C(=O)Nc3c(Br)cccc32)cc1. The van der Waals surface area contributed by atoms with Gasteiger partial charge in [0.1, 0.15) is 11.2 Å². The number of halogens is 1. The first-order valence-electron chi connectivity index (χ1n) is 7.98. The molecule has 0 spiro atoms. The lowest BCUT2D eigenvalue weighted by Gasteiger charge is -2.29. The predicted molar refractivity (Wildman–Crippen MR) is 102 cm³/mol. The van der Waals surface area contributed by atoms with Gasteiger partial charge in [0.25, 0.3) is 0 Å². The van der Waals surface area contributed by atoms with E-state index in [2.05, 4.69) is 21.2 Å². The molecular formula is C21H16BrNO2. The van der Waals surface area contributed by atoms with E-state index in [9.17, 15) is 4.79 Å². The molecule has 1 N–H and O–H groups in total. The van der Waals surface area contributed by atoms with E-state index in [0.29, 0.717) is 0 Å². The lowest BCUT2D eigenvalue weighted by molar-refractivity contribution is -0.118. The van der Waals surface area contributed by atoms with Gasteiger partial charge in [-0.2, -0.15) is 0 Å². The summed E-state index contributed by atoms with van der Waals surface area (Å²) in [4.78, 5) is 13.3. The molecule has 1 amide bonds. The second kappa shape index (κ2) is 6.05. The minimum absolute atomic E-state index is 0.0502. The van der Waals surface area contributed by atoms with Crippen molar-refractivity contribution < 1.29 is 9.53 Å². The van der Waals surface area contributed by atoms with Crippen molar-refractivity contribution in [3.63, 3.8) is 0 Å². The van der Waals surface area contributed by atoms with Crippen molar-refractivity contribution >= 4 is 27.5 Å². The Hall–Kier alpha value is -2.59. The summed E-state index contributed by atoms with van der Waals surface area (Å²) in [6.45, 7) is 0. The van der Waals surface area contributed by atoms with Gasteiger partial charge < -0.3 is 10.1 Å². The van der Waals surface area contributed by atoms with E-state index in [1.807, 2.05) is 72.8 Å². The first kappa shape index (κ1) is 15.9. The van der Waals surface area contributed by atoms with E-state index < -0.39 is 5.41 Å². The van der Waals surface area contributed by atoms with Gasteiger partial charge in [0.15, 0.2) is 0 Å². The van der Waals surface area contributed by atoms with Crippen LogP contribution >= 0.6 is 15.9 Å². The van der Waals surface area contributed by atoms with Gasteiger partial charge in [0.2, 0.25) is 5.91 Å². The summed E-state index contributed by atoms with van der Waals surface area (Å²) in [5.41, 5.74) is 2.74. The van der Waals surface area contributed by atoms with E-state index in [4.69, 9.17) is 4.74 Å². The first-order chi connectivity index (χ1) is 12.2. The molecule has 0 bridgehead atoms.